The van der Waals surface area contributed by atoms with Crippen LogP contribution in [0.3, 0.4) is 0 Å². The highest BCUT2D eigenvalue weighted by molar-refractivity contribution is 5.97. The van der Waals surface area contributed by atoms with Gasteiger partial charge in [-0.2, -0.15) is 15.0 Å². The normalized spacial score (nSPS) is 18.0. The number of hydrogen-bond acceptors (Lipinski definition) is 4. The van der Waals surface area contributed by atoms with E-state index >= 15 is 0 Å². The molecule has 1 aliphatic rings. The maximum Gasteiger partial charge on any atom is 0.257 e. The number of carbonyl (C=O) groups is 1. The number of para-hydroxylation sites is 1. The summed E-state index contributed by atoms with van der Waals surface area (Å²) >= 11 is 0. The molecule has 1 fully saturated rings. The minimum absolute atomic E-state index is 0.00806. The van der Waals surface area contributed by atoms with Gasteiger partial charge in [0.25, 0.3) is 5.91 Å². The highest BCUT2D eigenvalue weighted by Gasteiger charge is 2.30. The molecule has 0 aliphatic carbocycles. The SMILES string of the molecule is CCOc1ccccc1C(=O)N1CCC(n2nccn2)C1. The highest BCUT2D eigenvalue weighted by Crippen LogP contribution is 2.25. The third-order valence-electron chi connectivity index (χ3n) is 3.63. The molecule has 0 N–H and O–H groups in total. The molecule has 1 aromatic heterocycles. The van der Waals surface area contributed by atoms with E-state index < -0.39 is 0 Å². The first-order chi connectivity index (χ1) is 10.3. The Kier molecular flexibility index (Phi) is 3.85. The Morgan fingerprint density at radius 2 is 2.10 bits per heavy atom. The second-order valence-electron chi connectivity index (χ2n) is 4.97. The Bertz CT molecular complexity index is 612. The van der Waals surface area contributed by atoms with Crippen molar-refractivity contribution in [2.45, 2.75) is 19.4 Å². The van der Waals surface area contributed by atoms with Crippen LogP contribution in [0.1, 0.15) is 29.7 Å². The van der Waals surface area contributed by atoms with Crippen LogP contribution in [0, 0.1) is 0 Å². The van der Waals surface area contributed by atoms with Gasteiger partial charge in [0.15, 0.2) is 0 Å². The summed E-state index contributed by atoms with van der Waals surface area (Å²) in [4.78, 5) is 16.2. The summed E-state index contributed by atoms with van der Waals surface area (Å²) < 4.78 is 5.54. The largest absolute Gasteiger partial charge is 0.493 e. The van der Waals surface area contributed by atoms with Gasteiger partial charge in [-0.1, -0.05) is 12.1 Å². The zero-order valence-corrected chi connectivity index (χ0v) is 12.0. The molecule has 1 unspecified atom stereocenters. The molecule has 110 valence electrons. The number of amides is 1. The van der Waals surface area contributed by atoms with Gasteiger partial charge in [0, 0.05) is 13.1 Å². The summed E-state index contributed by atoms with van der Waals surface area (Å²) in [6, 6.07) is 7.54. The van der Waals surface area contributed by atoms with Crippen LogP contribution in [0.5, 0.6) is 5.75 Å². The molecule has 1 atom stereocenters. The number of benzene rings is 1. The fraction of sp³-hybridized carbons (Fsp3) is 0.400. The molecule has 0 spiro atoms. The molecular weight excluding hydrogens is 268 g/mol. The summed E-state index contributed by atoms with van der Waals surface area (Å²) in [5, 5.41) is 8.31. The van der Waals surface area contributed by atoms with Crippen molar-refractivity contribution in [1.82, 2.24) is 19.9 Å². The predicted molar refractivity (Wildman–Crippen MR) is 77.2 cm³/mol. The fourth-order valence-electron chi connectivity index (χ4n) is 2.62. The molecule has 0 bridgehead atoms. The fourth-order valence-corrected chi connectivity index (χ4v) is 2.62. The van der Waals surface area contributed by atoms with Crippen LogP contribution in [0.4, 0.5) is 0 Å². The van der Waals surface area contributed by atoms with Gasteiger partial charge < -0.3 is 9.64 Å². The van der Waals surface area contributed by atoms with E-state index in [1.165, 1.54) is 0 Å². The summed E-state index contributed by atoms with van der Waals surface area (Å²) in [7, 11) is 0. The molecular formula is C15H18N4O2. The van der Waals surface area contributed by atoms with Crippen LogP contribution in [0.25, 0.3) is 0 Å². The van der Waals surface area contributed by atoms with E-state index in [1.807, 2.05) is 36.1 Å². The second kappa shape index (κ2) is 5.95. The average molecular weight is 286 g/mol. The summed E-state index contributed by atoms with van der Waals surface area (Å²) in [5.74, 6) is 0.652. The van der Waals surface area contributed by atoms with Crippen molar-refractivity contribution in [1.29, 1.82) is 0 Å². The Morgan fingerprint density at radius 1 is 1.33 bits per heavy atom. The molecule has 2 heterocycles. The van der Waals surface area contributed by atoms with Gasteiger partial charge in [0.2, 0.25) is 0 Å². The van der Waals surface area contributed by atoms with E-state index in [4.69, 9.17) is 4.74 Å². The van der Waals surface area contributed by atoms with E-state index in [1.54, 1.807) is 17.2 Å². The Labute approximate surface area is 123 Å². The monoisotopic (exact) mass is 286 g/mol. The molecule has 0 radical (unpaired) electrons. The van der Waals surface area contributed by atoms with Crippen LogP contribution in [-0.2, 0) is 0 Å². The van der Waals surface area contributed by atoms with Crippen molar-refractivity contribution in [2.75, 3.05) is 19.7 Å². The van der Waals surface area contributed by atoms with Crippen molar-refractivity contribution in [3.63, 3.8) is 0 Å². The lowest BCUT2D eigenvalue weighted by molar-refractivity contribution is 0.0782. The molecule has 1 amide bonds. The standard InChI is InChI=1S/C15H18N4O2/c1-2-21-14-6-4-3-5-13(14)15(20)18-10-7-12(11-18)19-16-8-9-17-19/h3-6,8-9,12H,2,7,10-11H2,1H3. The smallest absolute Gasteiger partial charge is 0.257 e. The lowest BCUT2D eigenvalue weighted by Crippen LogP contribution is -2.29. The molecule has 1 aliphatic heterocycles. The van der Waals surface area contributed by atoms with Crippen LogP contribution in [0.2, 0.25) is 0 Å². The number of likely N-dealkylation sites (tertiary alicyclic amines) is 1. The first-order valence-corrected chi connectivity index (χ1v) is 7.16. The molecule has 1 aromatic carbocycles. The van der Waals surface area contributed by atoms with E-state index in [0.717, 1.165) is 6.42 Å². The zero-order valence-electron chi connectivity index (χ0n) is 12.0. The zero-order chi connectivity index (χ0) is 14.7. The average Bonchev–Trinajstić information content (AvgIpc) is 3.18. The quantitative estimate of drug-likeness (QED) is 0.859. The first kappa shape index (κ1) is 13.6. The predicted octanol–water partition coefficient (Wildman–Crippen LogP) is 1.76. The summed E-state index contributed by atoms with van der Waals surface area (Å²) in [6.07, 6.45) is 4.20. The lowest BCUT2D eigenvalue weighted by Gasteiger charge is -2.18. The minimum atomic E-state index is 0.00806. The van der Waals surface area contributed by atoms with E-state index in [0.29, 0.717) is 31.0 Å². The van der Waals surface area contributed by atoms with Gasteiger partial charge >= 0.3 is 0 Å². The van der Waals surface area contributed by atoms with E-state index in [-0.39, 0.29) is 11.9 Å². The van der Waals surface area contributed by atoms with E-state index in [9.17, 15) is 4.79 Å². The van der Waals surface area contributed by atoms with Crippen molar-refractivity contribution >= 4 is 5.91 Å². The van der Waals surface area contributed by atoms with Crippen LogP contribution in [0.15, 0.2) is 36.7 Å². The van der Waals surface area contributed by atoms with Gasteiger partial charge in [-0.25, -0.2) is 0 Å². The van der Waals surface area contributed by atoms with Gasteiger partial charge in [0.1, 0.15) is 5.75 Å². The van der Waals surface area contributed by atoms with E-state index in [2.05, 4.69) is 10.2 Å². The summed E-state index contributed by atoms with van der Waals surface area (Å²) in [5.41, 5.74) is 0.619. The maximum absolute atomic E-state index is 12.7. The molecule has 0 saturated carbocycles. The maximum atomic E-state index is 12.7. The Hall–Kier alpha value is -2.37. The molecule has 6 nitrogen and oxygen atoms in total. The molecule has 21 heavy (non-hydrogen) atoms. The molecule has 6 heteroatoms. The van der Waals surface area contributed by atoms with Crippen molar-refractivity contribution in [3.05, 3.63) is 42.2 Å². The number of rotatable bonds is 4. The van der Waals surface area contributed by atoms with Crippen molar-refractivity contribution in [2.24, 2.45) is 0 Å². The van der Waals surface area contributed by atoms with Gasteiger partial charge in [-0.3, -0.25) is 4.79 Å². The summed E-state index contributed by atoms with van der Waals surface area (Å²) in [6.45, 7) is 3.81. The molecule has 2 aromatic rings. The first-order valence-electron chi connectivity index (χ1n) is 7.16. The third-order valence-corrected chi connectivity index (χ3v) is 3.63. The number of hydrogen-bond donors (Lipinski definition) is 0. The topological polar surface area (TPSA) is 60.2 Å². The minimum Gasteiger partial charge on any atom is -0.493 e. The van der Waals surface area contributed by atoms with Gasteiger partial charge in [-0.05, 0) is 25.5 Å². The highest BCUT2D eigenvalue weighted by atomic mass is 16.5. The lowest BCUT2D eigenvalue weighted by atomic mass is 10.2. The molecule has 3 rings (SSSR count). The number of ether oxygens (including phenoxy) is 1. The van der Waals surface area contributed by atoms with Crippen LogP contribution >= 0.6 is 0 Å². The Balaban J connectivity index is 1.75. The van der Waals surface area contributed by atoms with Crippen molar-refractivity contribution in [3.8, 4) is 5.75 Å². The second-order valence-corrected chi connectivity index (χ2v) is 4.97. The van der Waals surface area contributed by atoms with Crippen LogP contribution < -0.4 is 4.74 Å². The number of nitrogens with zero attached hydrogens (tertiary/aromatic N) is 4. The third kappa shape index (κ3) is 2.74. The number of aromatic nitrogens is 3. The van der Waals surface area contributed by atoms with Gasteiger partial charge in [-0.15, -0.1) is 0 Å². The van der Waals surface area contributed by atoms with Gasteiger partial charge in [0.05, 0.1) is 30.6 Å². The molecule has 1 saturated heterocycles. The Morgan fingerprint density at radius 3 is 2.86 bits per heavy atom. The number of carbonyl (C=O) groups excluding carboxylic acids is 1. The van der Waals surface area contributed by atoms with Crippen molar-refractivity contribution < 1.29 is 9.53 Å². The van der Waals surface area contributed by atoms with Crippen LogP contribution in [-0.4, -0.2) is 45.5 Å².